The molecule has 0 radical (unpaired) electrons. The molecule has 1 aromatic carbocycles. The summed E-state index contributed by atoms with van der Waals surface area (Å²) in [7, 11) is 0. The van der Waals surface area contributed by atoms with Crippen molar-refractivity contribution in [3.05, 3.63) is 35.4 Å². The molecular formula is C19H24N2O2. The Morgan fingerprint density at radius 2 is 1.61 bits per heavy atom. The summed E-state index contributed by atoms with van der Waals surface area (Å²) >= 11 is 0. The number of benzene rings is 1. The molecular weight excluding hydrogens is 288 g/mol. The maximum Gasteiger partial charge on any atom is 0.260 e. The van der Waals surface area contributed by atoms with Crippen molar-refractivity contribution < 1.29 is 9.59 Å². The van der Waals surface area contributed by atoms with E-state index in [-0.39, 0.29) is 11.8 Å². The van der Waals surface area contributed by atoms with Crippen LogP contribution in [0.5, 0.6) is 0 Å². The number of fused-ring (bicyclic) bond motifs is 2. The van der Waals surface area contributed by atoms with Gasteiger partial charge in [0.15, 0.2) is 0 Å². The Balaban J connectivity index is 1.65. The van der Waals surface area contributed by atoms with Gasteiger partial charge in [0.1, 0.15) is 0 Å². The van der Waals surface area contributed by atoms with Crippen molar-refractivity contribution in [2.75, 3.05) is 26.2 Å². The standard InChI is InChI=1S/C19H24N2O2/c22-17-15-7-1-2-8-16(15)19(9-3-4-10-19)18(23)21(17)14-13-20-11-5-6-12-20/h1-2,7-8H,3-6,9-14H2. The predicted octanol–water partition coefficient (Wildman–Crippen LogP) is 2.58. The zero-order valence-electron chi connectivity index (χ0n) is 13.6. The van der Waals surface area contributed by atoms with Crippen molar-refractivity contribution >= 4 is 11.8 Å². The van der Waals surface area contributed by atoms with Gasteiger partial charge in [0, 0.05) is 18.7 Å². The highest BCUT2D eigenvalue weighted by atomic mass is 16.2. The Kier molecular flexibility index (Phi) is 3.72. The Bertz CT molecular complexity index is 628. The fourth-order valence-electron chi connectivity index (χ4n) is 4.61. The van der Waals surface area contributed by atoms with Gasteiger partial charge in [0.2, 0.25) is 5.91 Å². The first-order valence-corrected chi connectivity index (χ1v) is 8.90. The highest BCUT2D eigenvalue weighted by Gasteiger charge is 2.51. The van der Waals surface area contributed by atoms with Gasteiger partial charge in [-0.15, -0.1) is 0 Å². The Labute approximate surface area is 137 Å². The molecule has 1 aliphatic carbocycles. The molecule has 1 saturated carbocycles. The van der Waals surface area contributed by atoms with E-state index in [9.17, 15) is 9.59 Å². The van der Waals surface area contributed by atoms with E-state index in [0.717, 1.165) is 56.4 Å². The number of carbonyl (C=O) groups excluding carboxylic acids is 2. The van der Waals surface area contributed by atoms with E-state index in [2.05, 4.69) is 4.90 Å². The second-order valence-electron chi connectivity index (χ2n) is 7.15. The van der Waals surface area contributed by atoms with E-state index in [1.165, 1.54) is 12.8 Å². The van der Waals surface area contributed by atoms with Gasteiger partial charge in [-0.05, 0) is 50.4 Å². The van der Waals surface area contributed by atoms with Gasteiger partial charge in [-0.1, -0.05) is 31.0 Å². The van der Waals surface area contributed by atoms with Crippen molar-refractivity contribution in [3.63, 3.8) is 0 Å². The van der Waals surface area contributed by atoms with Crippen molar-refractivity contribution in [1.82, 2.24) is 9.80 Å². The van der Waals surface area contributed by atoms with E-state index >= 15 is 0 Å². The van der Waals surface area contributed by atoms with Gasteiger partial charge in [-0.3, -0.25) is 14.5 Å². The average Bonchev–Trinajstić information content (AvgIpc) is 3.26. The van der Waals surface area contributed by atoms with Crippen LogP contribution in [0, 0.1) is 0 Å². The SMILES string of the molecule is O=C1c2ccccc2C2(CCCC2)C(=O)N1CCN1CCCC1. The molecule has 3 aliphatic rings. The Morgan fingerprint density at radius 3 is 2.35 bits per heavy atom. The molecule has 2 aliphatic heterocycles. The third-order valence-corrected chi connectivity index (χ3v) is 5.87. The van der Waals surface area contributed by atoms with Crippen molar-refractivity contribution in [2.45, 2.75) is 43.9 Å². The summed E-state index contributed by atoms with van der Waals surface area (Å²) in [6, 6.07) is 7.76. The molecule has 0 N–H and O–H groups in total. The summed E-state index contributed by atoms with van der Waals surface area (Å²) in [6.45, 7) is 3.54. The van der Waals surface area contributed by atoms with E-state index in [4.69, 9.17) is 0 Å². The first-order valence-electron chi connectivity index (χ1n) is 8.90. The second kappa shape index (κ2) is 5.75. The van der Waals surface area contributed by atoms with Gasteiger partial charge in [-0.25, -0.2) is 0 Å². The largest absolute Gasteiger partial charge is 0.302 e. The van der Waals surface area contributed by atoms with Crippen LogP contribution in [0.3, 0.4) is 0 Å². The summed E-state index contributed by atoms with van der Waals surface area (Å²) in [5.41, 5.74) is 1.29. The number of likely N-dealkylation sites (tertiary alicyclic amines) is 1. The quantitative estimate of drug-likeness (QED) is 0.806. The van der Waals surface area contributed by atoms with Gasteiger partial charge in [0.05, 0.1) is 5.41 Å². The molecule has 1 aromatic rings. The smallest absolute Gasteiger partial charge is 0.260 e. The van der Waals surface area contributed by atoms with E-state index in [1.54, 1.807) is 4.90 Å². The number of hydrogen-bond acceptors (Lipinski definition) is 3. The molecule has 0 unspecified atom stereocenters. The van der Waals surface area contributed by atoms with Crippen LogP contribution in [-0.4, -0.2) is 47.8 Å². The van der Waals surface area contributed by atoms with Crippen LogP contribution >= 0.6 is 0 Å². The highest BCUT2D eigenvalue weighted by molar-refractivity contribution is 6.13. The Morgan fingerprint density at radius 1 is 0.913 bits per heavy atom. The molecule has 1 saturated heterocycles. The number of nitrogens with zero attached hydrogens (tertiary/aromatic N) is 2. The molecule has 4 heteroatoms. The molecule has 0 aromatic heterocycles. The highest BCUT2D eigenvalue weighted by Crippen LogP contribution is 2.46. The lowest BCUT2D eigenvalue weighted by atomic mass is 9.72. The maximum absolute atomic E-state index is 13.2. The number of carbonyl (C=O) groups is 2. The predicted molar refractivity (Wildman–Crippen MR) is 88.3 cm³/mol. The topological polar surface area (TPSA) is 40.6 Å². The van der Waals surface area contributed by atoms with Gasteiger partial charge >= 0.3 is 0 Å². The first-order chi connectivity index (χ1) is 11.2. The molecule has 4 nitrogen and oxygen atoms in total. The lowest BCUT2D eigenvalue weighted by molar-refractivity contribution is -0.135. The van der Waals surface area contributed by atoms with E-state index in [1.807, 2.05) is 24.3 Å². The molecule has 122 valence electrons. The van der Waals surface area contributed by atoms with Crippen LogP contribution < -0.4 is 0 Å². The third-order valence-electron chi connectivity index (χ3n) is 5.87. The molecule has 2 heterocycles. The molecule has 2 fully saturated rings. The fraction of sp³-hybridized carbons (Fsp3) is 0.579. The summed E-state index contributed by atoms with van der Waals surface area (Å²) in [5.74, 6) is -0.0415. The summed E-state index contributed by atoms with van der Waals surface area (Å²) in [4.78, 5) is 30.0. The summed E-state index contributed by atoms with van der Waals surface area (Å²) in [6.07, 6.45) is 6.39. The molecule has 4 rings (SSSR count). The normalized spacial score (nSPS) is 23.7. The van der Waals surface area contributed by atoms with Crippen LogP contribution in [0.1, 0.15) is 54.4 Å². The van der Waals surface area contributed by atoms with E-state index < -0.39 is 5.41 Å². The fourth-order valence-corrected chi connectivity index (χ4v) is 4.61. The van der Waals surface area contributed by atoms with Crippen LogP contribution in [0.25, 0.3) is 0 Å². The molecule has 23 heavy (non-hydrogen) atoms. The molecule has 1 spiro atoms. The minimum atomic E-state index is -0.435. The third kappa shape index (κ3) is 2.31. The second-order valence-corrected chi connectivity index (χ2v) is 7.15. The monoisotopic (exact) mass is 312 g/mol. The minimum absolute atomic E-state index is 0.0536. The zero-order chi connectivity index (χ0) is 15.9. The van der Waals surface area contributed by atoms with Crippen LogP contribution in [-0.2, 0) is 10.2 Å². The van der Waals surface area contributed by atoms with E-state index in [0.29, 0.717) is 6.54 Å². The van der Waals surface area contributed by atoms with Crippen LogP contribution in [0.15, 0.2) is 24.3 Å². The van der Waals surface area contributed by atoms with Crippen molar-refractivity contribution in [3.8, 4) is 0 Å². The lowest BCUT2D eigenvalue weighted by Crippen LogP contribution is -2.54. The lowest BCUT2D eigenvalue weighted by Gasteiger charge is -2.40. The first kappa shape index (κ1) is 14.9. The Hall–Kier alpha value is -1.68. The maximum atomic E-state index is 13.2. The number of hydrogen-bond donors (Lipinski definition) is 0. The van der Waals surface area contributed by atoms with Gasteiger partial charge in [-0.2, -0.15) is 0 Å². The van der Waals surface area contributed by atoms with Crippen LogP contribution in [0.2, 0.25) is 0 Å². The van der Waals surface area contributed by atoms with Crippen LogP contribution in [0.4, 0.5) is 0 Å². The summed E-state index contributed by atoms with van der Waals surface area (Å²) < 4.78 is 0. The average molecular weight is 312 g/mol. The van der Waals surface area contributed by atoms with Gasteiger partial charge < -0.3 is 4.90 Å². The zero-order valence-corrected chi connectivity index (χ0v) is 13.6. The minimum Gasteiger partial charge on any atom is -0.302 e. The number of rotatable bonds is 3. The molecule has 0 bridgehead atoms. The number of imide groups is 1. The molecule has 0 atom stereocenters. The van der Waals surface area contributed by atoms with Crippen molar-refractivity contribution in [1.29, 1.82) is 0 Å². The van der Waals surface area contributed by atoms with Gasteiger partial charge in [0.25, 0.3) is 5.91 Å². The number of amides is 2. The summed E-state index contributed by atoms with van der Waals surface area (Å²) in [5, 5.41) is 0. The van der Waals surface area contributed by atoms with Crippen molar-refractivity contribution in [2.24, 2.45) is 0 Å². The molecule has 2 amide bonds.